The van der Waals surface area contributed by atoms with Crippen LogP contribution in [0.5, 0.6) is 0 Å². The van der Waals surface area contributed by atoms with E-state index in [9.17, 15) is 4.79 Å². The van der Waals surface area contributed by atoms with Gasteiger partial charge in [0.2, 0.25) is 0 Å². The van der Waals surface area contributed by atoms with Crippen molar-refractivity contribution in [1.29, 1.82) is 0 Å². The maximum Gasteiger partial charge on any atom is 0.306 e. The molecule has 0 heterocycles. The van der Waals surface area contributed by atoms with Crippen molar-refractivity contribution in [3.8, 4) is 0 Å². The van der Waals surface area contributed by atoms with E-state index in [-0.39, 0.29) is 5.97 Å². The lowest BCUT2D eigenvalue weighted by Crippen LogP contribution is -2.14. The van der Waals surface area contributed by atoms with Gasteiger partial charge in [-0.2, -0.15) is 0 Å². The Morgan fingerprint density at radius 2 is 2.28 bits per heavy atom. The lowest BCUT2D eigenvalue weighted by molar-refractivity contribution is -0.143. The number of rotatable bonds is 7. The van der Waals surface area contributed by atoms with Gasteiger partial charge < -0.3 is 4.74 Å². The van der Waals surface area contributed by atoms with Crippen molar-refractivity contribution >= 4 is 5.97 Å². The quantitative estimate of drug-likeness (QED) is 0.379. The molecular weight excluding hydrogens is 224 g/mol. The molecule has 1 atom stereocenters. The second-order valence-corrected chi connectivity index (χ2v) is 5.72. The molecule has 2 nitrogen and oxygen atoms in total. The van der Waals surface area contributed by atoms with E-state index in [0.29, 0.717) is 13.0 Å². The minimum Gasteiger partial charge on any atom is -0.466 e. The van der Waals surface area contributed by atoms with Gasteiger partial charge in [0.15, 0.2) is 0 Å². The SMILES string of the molecule is CCCCOC(=O)CCC1=CCCC(C(C)C)C1. The summed E-state index contributed by atoms with van der Waals surface area (Å²) in [6.45, 7) is 7.29. The predicted octanol–water partition coefficient (Wildman–Crippen LogP) is 4.49. The fourth-order valence-corrected chi connectivity index (χ4v) is 2.46. The van der Waals surface area contributed by atoms with E-state index in [1.54, 1.807) is 0 Å². The van der Waals surface area contributed by atoms with Crippen molar-refractivity contribution in [3.05, 3.63) is 11.6 Å². The maximum atomic E-state index is 11.5. The van der Waals surface area contributed by atoms with Gasteiger partial charge in [-0.3, -0.25) is 4.79 Å². The Balaban J connectivity index is 2.22. The summed E-state index contributed by atoms with van der Waals surface area (Å²) in [6, 6.07) is 0. The number of hydrogen-bond acceptors (Lipinski definition) is 2. The number of carbonyl (C=O) groups is 1. The van der Waals surface area contributed by atoms with Crippen molar-refractivity contribution in [3.63, 3.8) is 0 Å². The number of unbranched alkanes of at least 4 members (excludes halogenated alkanes) is 1. The largest absolute Gasteiger partial charge is 0.466 e. The topological polar surface area (TPSA) is 26.3 Å². The standard InChI is InChI=1S/C16H28O2/c1-4-5-11-18-16(17)10-9-14-7-6-8-15(12-14)13(2)3/h7,13,15H,4-6,8-12H2,1-3H3. The van der Waals surface area contributed by atoms with Gasteiger partial charge in [-0.05, 0) is 43.9 Å². The van der Waals surface area contributed by atoms with Gasteiger partial charge in [0.05, 0.1) is 6.61 Å². The van der Waals surface area contributed by atoms with Gasteiger partial charge >= 0.3 is 5.97 Å². The molecular formula is C16H28O2. The molecule has 1 aliphatic carbocycles. The molecule has 0 saturated carbocycles. The van der Waals surface area contributed by atoms with Gasteiger partial charge in [0.25, 0.3) is 0 Å². The molecule has 0 aromatic rings. The molecule has 0 spiro atoms. The van der Waals surface area contributed by atoms with E-state index >= 15 is 0 Å². The minimum absolute atomic E-state index is 0.0315. The first-order valence-electron chi connectivity index (χ1n) is 7.47. The van der Waals surface area contributed by atoms with Crippen LogP contribution >= 0.6 is 0 Å². The van der Waals surface area contributed by atoms with E-state index in [2.05, 4.69) is 26.8 Å². The van der Waals surface area contributed by atoms with E-state index in [4.69, 9.17) is 4.74 Å². The first-order chi connectivity index (χ1) is 8.63. The number of carbonyl (C=O) groups excluding carboxylic acids is 1. The second-order valence-electron chi connectivity index (χ2n) is 5.72. The molecule has 0 aromatic carbocycles. The van der Waals surface area contributed by atoms with Crippen LogP contribution in [0.4, 0.5) is 0 Å². The lowest BCUT2D eigenvalue weighted by Gasteiger charge is -2.25. The molecule has 2 heteroatoms. The van der Waals surface area contributed by atoms with Crippen molar-refractivity contribution in [2.75, 3.05) is 6.61 Å². The van der Waals surface area contributed by atoms with Crippen LogP contribution in [0.3, 0.4) is 0 Å². The smallest absolute Gasteiger partial charge is 0.306 e. The van der Waals surface area contributed by atoms with Gasteiger partial charge in [-0.15, -0.1) is 0 Å². The van der Waals surface area contributed by atoms with Crippen LogP contribution < -0.4 is 0 Å². The van der Waals surface area contributed by atoms with E-state index < -0.39 is 0 Å². The molecule has 0 amide bonds. The average molecular weight is 252 g/mol. The highest BCUT2D eigenvalue weighted by Gasteiger charge is 2.18. The summed E-state index contributed by atoms with van der Waals surface area (Å²) in [5.74, 6) is 1.53. The first kappa shape index (κ1) is 15.3. The molecule has 0 bridgehead atoms. The van der Waals surface area contributed by atoms with Crippen molar-refractivity contribution in [1.82, 2.24) is 0 Å². The molecule has 104 valence electrons. The first-order valence-corrected chi connectivity index (χ1v) is 7.47. The monoisotopic (exact) mass is 252 g/mol. The Labute approximate surface area is 112 Å². The Morgan fingerprint density at radius 3 is 2.94 bits per heavy atom. The zero-order valence-electron chi connectivity index (χ0n) is 12.2. The van der Waals surface area contributed by atoms with Gasteiger partial charge in [0.1, 0.15) is 0 Å². The molecule has 0 aliphatic heterocycles. The minimum atomic E-state index is -0.0315. The number of hydrogen-bond donors (Lipinski definition) is 0. The normalized spacial score (nSPS) is 19.8. The second kappa shape index (κ2) is 8.34. The molecule has 0 aromatic heterocycles. The number of allylic oxidation sites excluding steroid dienone is 2. The van der Waals surface area contributed by atoms with E-state index in [1.807, 2.05) is 0 Å². The van der Waals surface area contributed by atoms with Crippen LogP contribution in [0.2, 0.25) is 0 Å². The number of esters is 1. The average Bonchev–Trinajstić information content (AvgIpc) is 2.37. The fourth-order valence-electron chi connectivity index (χ4n) is 2.46. The molecule has 0 fully saturated rings. The van der Waals surface area contributed by atoms with Crippen LogP contribution in [0.25, 0.3) is 0 Å². The van der Waals surface area contributed by atoms with E-state index in [0.717, 1.165) is 31.1 Å². The molecule has 0 saturated heterocycles. The molecule has 1 rings (SSSR count). The Morgan fingerprint density at radius 1 is 1.50 bits per heavy atom. The summed E-state index contributed by atoms with van der Waals surface area (Å²) in [7, 11) is 0. The highest BCUT2D eigenvalue weighted by atomic mass is 16.5. The molecule has 0 radical (unpaired) electrons. The van der Waals surface area contributed by atoms with Crippen molar-refractivity contribution < 1.29 is 9.53 Å². The number of ether oxygens (including phenoxy) is 1. The third-order valence-corrected chi connectivity index (χ3v) is 3.85. The van der Waals surface area contributed by atoms with Crippen LogP contribution in [0.1, 0.15) is 65.7 Å². The van der Waals surface area contributed by atoms with Gasteiger partial charge in [-0.1, -0.05) is 38.8 Å². The van der Waals surface area contributed by atoms with E-state index in [1.165, 1.54) is 24.8 Å². The molecule has 1 aliphatic rings. The Kier molecular flexibility index (Phi) is 7.07. The Bertz CT molecular complexity index is 279. The van der Waals surface area contributed by atoms with Crippen molar-refractivity contribution in [2.45, 2.75) is 65.7 Å². The third-order valence-electron chi connectivity index (χ3n) is 3.85. The third kappa shape index (κ3) is 5.70. The predicted molar refractivity (Wildman–Crippen MR) is 75.4 cm³/mol. The maximum absolute atomic E-state index is 11.5. The fraction of sp³-hybridized carbons (Fsp3) is 0.812. The summed E-state index contributed by atoms with van der Waals surface area (Å²) in [6.07, 6.45) is 9.51. The van der Waals surface area contributed by atoms with Crippen LogP contribution in [0.15, 0.2) is 11.6 Å². The summed E-state index contributed by atoms with van der Waals surface area (Å²) >= 11 is 0. The van der Waals surface area contributed by atoms with Crippen molar-refractivity contribution in [2.24, 2.45) is 11.8 Å². The summed E-state index contributed by atoms with van der Waals surface area (Å²) in [5, 5.41) is 0. The molecule has 18 heavy (non-hydrogen) atoms. The summed E-state index contributed by atoms with van der Waals surface area (Å²) < 4.78 is 5.18. The summed E-state index contributed by atoms with van der Waals surface area (Å²) in [5.41, 5.74) is 1.47. The van der Waals surface area contributed by atoms with Crippen LogP contribution in [-0.2, 0) is 9.53 Å². The zero-order valence-corrected chi connectivity index (χ0v) is 12.2. The summed E-state index contributed by atoms with van der Waals surface area (Å²) in [4.78, 5) is 11.5. The molecule has 0 N–H and O–H groups in total. The zero-order chi connectivity index (χ0) is 13.4. The molecule has 1 unspecified atom stereocenters. The lowest BCUT2D eigenvalue weighted by atomic mass is 9.80. The van der Waals surface area contributed by atoms with Crippen LogP contribution in [-0.4, -0.2) is 12.6 Å². The van der Waals surface area contributed by atoms with Gasteiger partial charge in [0, 0.05) is 6.42 Å². The van der Waals surface area contributed by atoms with Gasteiger partial charge in [-0.25, -0.2) is 0 Å². The highest BCUT2D eigenvalue weighted by molar-refractivity contribution is 5.69. The van der Waals surface area contributed by atoms with Crippen LogP contribution in [0, 0.1) is 11.8 Å². The Hall–Kier alpha value is -0.790. The highest BCUT2D eigenvalue weighted by Crippen LogP contribution is 2.31.